The highest BCUT2D eigenvalue weighted by molar-refractivity contribution is 5.64. The summed E-state index contributed by atoms with van der Waals surface area (Å²) in [6.45, 7) is 0. The molecule has 5 rings (SSSR count). The van der Waals surface area contributed by atoms with Gasteiger partial charge in [-0.15, -0.1) is 0 Å². The average Bonchev–Trinajstić information content (AvgIpc) is 3.16. The minimum atomic E-state index is 0.0823. The molecule has 2 N–H and O–H groups in total. The molecule has 0 bridgehead atoms. The summed E-state index contributed by atoms with van der Waals surface area (Å²) in [5.74, 6) is 1.02. The van der Waals surface area contributed by atoms with Crippen molar-refractivity contribution in [3.05, 3.63) is 108 Å². The molecular formula is C27H23N3O3. The van der Waals surface area contributed by atoms with E-state index in [2.05, 4.69) is 0 Å². The first-order chi connectivity index (χ1) is 16.1. The van der Waals surface area contributed by atoms with Crippen LogP contribution in [0.2, 0.25) is 0 Å². The summed E-state index contributed by atoms with van der Waals surface area (Å²) in [5.41, 5.74) is 5.45. The Bertz CT molecular complexity index is 1410. The summed E-state index contributed by atoms with van der Waals surface area (Å²) in [7, 11) is 1.63. The second-order valence-electron chi connectivity index (χ2n) is 7.89. The second kappa shape index (κ2) is 8.67. The molecule has 5 aromatic rings. The van der Waals surface area contributed by atoms with E-state index in [0.717, 1.165) is 28.1 Å². The summed E-state index contributed by atoms with van der Waals surface area (Å²) in [4.78, 5) is 9.64. The largest absolute Gasteiger partial charge is 0.508 e. The lowest BCUT2D eigenvalue weighted by Crippen LogP contribution is -2.00. The summed E-state index contributed by atoms with van der Waals surface area (Å²) in [6, 6.07) is 24.7. The summed E-state index contributed by atoms with van der Waals surface area (Å²) in [5, 5.41) is 21.0. The number of rotatable bonds is 6. The second-order valence-corrected chi connectivity index (χ2v) is 7.89. The molecule has 0 spiro atoms. The van der Waals surface area contributed by atoms with Crippen molar-refractivity contribution in [2.45, 2.75) is 12.8 Å². The Morgan fingerprint density at radius 3 is 2.24 bits per heavy atom. The van der Waals surface area contributed by atoms with E-state index in [0.29, 0.717) is 29.9 Å². The van der Waals surface area contributed by atoms with Crippen LogP contribution in [-0.2, 0) is 12.8 Å². The van der Waals surface area contributed by atoms with Crippen molar-refractivity contribution in [3.63, 3.8) is 0 Å². The predicted molar refractivity (Wildman–Crippen MR) is 127 cm³/mol. The monoisotopic (exact) mass is 437 g/mol. The maximum Gasteiger partial charge on any atom is 0.219 e. The standard InChI is InChI=1S/C27H23N3O3/c1-33-22-12-10-19(11-13-22)15-24-27(32)30-17-25(20-8-5-9-21(31)16-20)28-23(26(30)29-24)14-18-6-3-2-4-7-18/h2-13,16-17,31-32H,14-15H2,1H3. The van der Waals surface area contributed by atoms with Crippen LogP contribution in [0.15, 0.2) is 85.1 Å². The molecule has 0 aliphatic carbocycles. The minimum Gasteiger partial charge on any atom is -0.508 e. The van der Waals surface area contributed by atoms with Crippen molar-refractivity contribution in [1.82, 2.24) is 14.4 Å². The average molecular weight is 437 g/mol. The van der Waals surface area contributed by atoms with Gasteiger partial charge in [-0.2, -0.15) is 0 Å². The van der Waals surface area contributed by atoms with Gasteiger partial charge in [0.25, 0.3) is 0 Å². The molecule has 0 amide bonds. The summed E-state index contributed by atoms with van der Waals surface area (Å²) < 4.78 is 6.92. The molecule has 164 valence electrons. The van der Waals surface area contributed by atoms with E-state index in [9.17, 15) is 10.2 Å². The van der Waals surface area contributed by atoms with Crippen LogP contribution in [0.25, 0.3) is 16.9 Å². The highest BCUT2D eigenvalue weighted by atomic mass is 16.5. The third-order valence-electron chi connectivity index (χ3n) is 5.61. The fraction of sp³-hybridized carbons (Fsp3) is 0.111. The van der Waals surface area contributed by atoms with Gasteiger partial charge >= 0.3 is 0 Å². The van der Waals surface area contributed by atoms with E-state index >= 15 is 0 Å². The Balaban J connectivity index is 1.62. The summed E-state index contributed by atoms with van der Waals surface area (Å²) >= 11 is 0. The number of methoxy groups -OCH3 is 1. The maximum absolute atomic E-state index is 11.1. The first-order valence-corrected chi connectivity index (χ1v) is 10.7. The van der Waals surface area contributed by atoms with E-state index in [1.807, 2.05) is 60.7 Å². The molecule has 0 aliphatic rings. The lowest BCUT2D eigenvalue weighted by Gasteiger charge is -2.09. The molecule has 0 saturated heterocycles. The molecule has 0 atom stereocenters. The number of imidazole rings is 1. The van der Waals surface area contributed by atoms with Crippen molar-refractivity contribution in [2.75, 3.05) is 7.11 Å². The predicted octanol–water partition coefficient (Wildman–Crippen LogP) is 5.00. The van der Waals surface area contributed by atoms with Crippen LogP contribution in [0.4, 0.5) is 0 Å². The number of hydrogen-bond donors (Lipinski definition) is 2. The van der Waals surface area contributed by atoms with Crippen LogP contribution in [-0.4, -0.2) is 31.7 Å². The summed E-state index contributed by atoms with van der Waals surface area (Å²) in [6.07, 6.45) is 2.80. The van der Waals surface area contributed by atoms with Crippen LogP contribution < -0.4 is 4.74 Å². The molecule has 3 aromatic carbocycles. The van der Waals surface area contributed by atoms with Crippen molar-refractivity contribution in [3.8, 4) is 28.6 Å². The van der Waals surface area contributed by atoms with Crippen LogP contribution in [0, 0.1) is 0 Å². The molecule has 2 heterocycles. The normalized spacial score (nSPS) is 11.1. The van der Waals surface area contributed by atoms with Gasteiger partial charge in [0.2, 0.25) is 5.88 Å². The highest BCUT2D eigenvalue weighted by Gasteiger charge is 2.18. The third kappa shape index (κ3) is 4.23. The number of aromatic hydroxyl groups is 2. The molecule has 0 saturated carbocycles. The number of benzene rings is 3. The van der Waals surface area contributed by atoms with Gasteiger partial charge in [0.05, 0.1) is 18.5 Å². The Kier molecular flexibility index (Phi) is 5.40. The lowest BCUT2D eigenvalue weighted by molar-refractivity contribution is 0.414. The zero-order chi connectivity index (χ0) is 22.8. The van der Waals surface area contributed by atoms with Gasteiger partial charge < -0.3 is 14.9 Å². The number of ether oxygens (including phenoxy) is 1. The van der Waals surface area contributed by atoms with Gasteiger partial charge in [-0.3, -0.25) is 4.40 Å². The van der Waals surface area contributed by atoms with E-state index in [-0.39, 0.29) is 11.6 Å². The zero-order valence-corrected chi connectivity index (χ0v) is 18.1. The van der Waals surface area contributed by atoms with E-state index in [1.165, 1.54) is 0 Å². The smallest absolute Gasteiger partial charge is 0.219 e. The number of nitrogens with zero attached hydrogens (tertiary/aromatic N) is 3. The van der Waals surface area contributed by atoms with Gasteiger partial charge in [0.1, 0.15) is 17.2 Å². The molecule has 6 heteroatoms. The first kappa shape index (κ1) is 20.6. The molecule has 2 aromatic heterocycles. The lowest BCUT2D eigenvalue weighted by atomic mass is 10.1. The number of hydrogen-bond acceptors (Lipinski definition) is 5. The van der Waals surface area contributed by atoms with E-state index in [4.69, 9.17) is 14.7 Å². The molecule has 33 heavy (non-hydrogen) atoms. The fourth-order valence-corrected chi connectivity index (χ4v) is 3.91. The fourth-order valence-electron chi connectivity index (χ4n) is 3.91. The number of aromatic nitrogens is 3. The first-order valence-electron chi connectivity index (χ1n) is 10.7. The Morgan fingerprint density at radius 2 is 1.52 bits per heavy atom. The Hall–Kier alpha value is -4.32. The van der Waals surface area contributed by atoms with E-state index in [1.54, 1.807) is 35.9 Å². The number of phenolic OH excluding ortho intramolecular Hbond substituents is 1. The molecule has 0 aliphatic heterocycles. The SMILES string of the molecule is COc1ccc(Cc2nc3c(Cc4ccccc4)nc(-c4cccc(O)c4)cn3c2O)cc1. The van der Waals surface area contributed by atoms with Crippen molar-refractivity contribution < 1.29 is 14.9 Å². The van der Waals surface area contributed by atoms with Crippen LogP contribution in [0.3, 0.4) is 0 Å². The van der Waals surface area contributed by atoms with Gasteiger partial charge in [0, 0.05) is 24.6 Å². The molecule has 0 fully saturated rings. The quantitative estimate of drug-likeness (QED) is 0.391. The molecule has 0 radical (unpaired) electrons. The van der Waals surface area contributed by atoms with E-state index < -0.39 is 0 Å². The molecular weight excluding hydrogens is 414 g/mol. The zero-order valence-electron chi connectivity index (χ0n) is 18.1. The van der Waals surface area contributed by atoms with Crippen molar-refractivity contribution in [2.24, 2.45) is 0 Å². The van der Waals surface area contributed by atoms with Gasteiger partial charge in [-0.05, 0) is 35.4 Å². The van der Waals surface area contributed by atoms with Crippen LogP contribution in [0.1, 0.15) is 22.5 Å². The van der Waals surface area contributed by atoms with Crippen molar-refractivity contribution in [1.29, 1.82) is 0 Å². The van der Waals surface area contributed by atoms with Crippen molar-refractivity contribution >= 4 is 5.65 Å². The number of phenols is 1. The molecule has 6 nitrogen and oxygen atoms in total. The van der Waals surface area contributed by atoms with Gasteiger partial charge in [-0.25, -0.2) is 9.97 Å². The maximum atomic E-state index is 11.1. The number of fused-ring (bicyclic) bond motifs is 1. The van der Waals surface area contributed by atoms with Gasteiger partial charge in [-0.1, -0.05) is 54.6 Å². The van der Waals surface area contributed by atoms with Gasteiger partial charge in [0.15, 0.2) is 5.65 Å². The highest BCUT2D eigenvalue weighted by Crippen LogP contribution is 2.29. The topological polar surface area (TPSA) is 79.9 Å². The van der Waals surface area contributed by atoms with Crippen LogP contribution in [0.5, 0.6) is 17.4 Å². The third-order valence-corrected chi connectivity index (χ3v) is 5.61. The minimum absolute atomic E-state index is 0.0823. The van der Waals surface area contributed by atoms with Crippen LogP contribution >= 0.6 is 0 Å². The Labute approximate surface area is 191 Å². The molecule has 0 unspecified atom stereocenters. The Morgan fingerprint density at radius 1 is 0.788 bits per heavy atom.